The van der Waals surface area contributed by atoms with Crippen LogP contribution in [0.15, 0.2) is 18.2 Å². The van der Waals surface area contributed by atoms with Gasteiger partial charge in [0.25, 0.3) is 5.91 Å². The van der Waals surface area contributed by atoms with E-state index in [2.05, 4.69) is 5.32 Å². The summed E-state index contributed by atoms with van der Waals surface area (Å²) < 4.78 is 5.24. The Balaban J connectivity index is 2.05. The lowest BCUT2D eigenvalue weighted by atomic mass is 9.96. The van der Waals surface area contributed by atoms with Crippen LogP contribution in [0.2, 0.25) is 5.02 Å². The molecule has 6 nitrogen and oxygen atoms in total. The van der Waals surface area contributed by atoms with Crippen LogP contribution in [-0.2, 0) is 9.59 Å². The molecule has 0 spiro atoms. The van der Waals surface area contributed by atoms with Crippen molar-refractivity contribution in [1.29, 1.82) is 0 Å². The number of piperidine rings is 1. The van der Waals surface area contributed by atoms with Gasteiger partial charge in [-0.25, -0.2) is 0 Å². The number of Topliss-reactive ketones (excluding diaryl/α,β-unsaturated/α-hetero) is 1. The first-order valence-electron chi connectivity index (χ1n) is 8.38. The van der Waals surface area contributed by atoms with Gasteiger partial charge in [-0.2, -0.15) is 0 Å². The number of nitrogens with zero attached hydrogens (tertiary/aromatic N) is 1. The van der Waals surface area contributed by atoms with Gasteiger partial charge in [-0.15, -0.1) is 0 Å². The molecule has 1 aromatic rings. The molecule has 0 aromatic heterocycles. The van der Waals surface area contributed by atoms with Gasteiger partial charge in [-0.05, 0) is 31.0 Å². The van der Waals surface area contributed by atoms with Crippen molar-refractivity contribution in [1.82, 2.24) is 10.2 Å². The summed E-state index contributed by atoms with van der Waals surface area (Å²) in [4.78, 5) is 38.1. The number of likely N-dealkylation sites (tertiary alicyclic amines) is 1. The average molecular weight is 367 g/mol. The van der Waals surface area contributed by atoms with E-state index in [1.165, 1.54) is 7.11 Å². The minimum absolute atomic E-state index is 0.0132. The van der Waals surface area contributed by atoms with Gasteiger partial charge in [-0.3, -0.25) is 14.4 Å². The highest BCUT2D eigenvalue weighted by Crippen LogP contribution is 2.26. The molecule has 1 heterocycles. The smallest absolute Gasteiger partial charge is 0.257 e. The number of halogens is 1. The summed E-state index contributed by atoms with van der Waals surface area (Å²) >= 11 is 6.00. The Hall–Kier alpha value is -2.08. The van der Waals surface area contributed by atoms with Crippen molar-refractivity contribution in [3.05, 3.63) is 28.8 Å². The number of hydrogen-bond acceptors (Lipinski definition) is 4. The Morgan fingerprint density at radius 1 is 1.36 bits per heavy atom. The summed E-state index contributed by atoms with van der Waals surface area (Å²) in [6, 6.07) is 4.89. The van der Waals surface area contributed by atoms with Crippen molar-refractivity contribution in [2.75, 3.05) is 26.7 Å². The summed E-state index contributed by atoms with van der Waals surface area (Å²) in [7, 11) is 1.50. The second kappa shape index (κ2) is 8.85. The molecule has 1 aliphatic heterocycles. The van der Waals surface area contributed by atoms with Crippen LogP contribution in [0.3, 0.4) is 0 Å². The number of methoxy groups -OCH3 is 1. The number of carbonyl (C=O) groups is 3. The predicted octanol–water partition coefficient (Wildman–Crippen LogP) is 2.30. The lowest BCUT2D eigenvalue weighted by molar-refractivity contribution is -0.128. The lowest BCUT2D eigenvalue weighted by Gasteiger charge is -2.32. The standard InChI is InChI=1S/C18H23ClN2O4/c1-3-14(22)10-20-17(23)12-5-4-8-21(11-12)18(24)15-9-13(19)6-7-16(15)25-2/h6-7,9,12H,3-5,8,10-11H2,1-2H3,(H,20,23)/t12-/m0/s1. The summed E-state index contributed by atoms with van der Waals surface area (Å²) in [5.41, 5.74) is 0.386. The van der Waals surface area contributed by atoms with Gasteiger partial charge in [0.2, 0.25) is 5.91 Å². The fourth-order valence-corrected chi connectivity index (χ4v) is 3.02. The average Bonchev–Trinajstić information content (AvgIpc) is 2.65. The van der Waals surface area contributed by atoms with Crippen molar-refractivity contribution in [2.24, 2.45) is 5.92 Å². The predicted molar refractivity (Wildman–Crippen MR) is 94.9 cm³/mol. The molecule has 0 saturated carbocycles. The maximum absolute atomic E-state index is 12.8. The maximum atomic E-state index is 12.8. The zero-order chi connectivity index (χ0) is 18.4. The number of ketones is 1. The van der Waals surface area contributed by atoms with Crippen molar-refractivity contribution < 1.29 is 19.1 Å². The van der Waals surface area contributed by atoms with Gasteiger partial charge in [0.05, 0.1) is 25.1 Å². The first kappa shape index (κ1) is 19.2. The molecule has 1 fully saturated rings. The molecule has 0 radical (unpaired) electrons. The molecule has 1 aliphatic rings. The van der Waals surface area contributed by atoms with Crippen molar-refractivity contribution in [2.45, 2.75) is 26.2 Å². The van der Waals surface area contributed by atoms with E-state index in [1.807, 2.05) is 0 Å². The summed E-state index contributed by atoms with van der Waals surface area (Å²) in [6.45, 7) is 2.70. The molecule has 136 valence electrons. The quantitative estimate of drug-likeness (QED) is 0.838. The summed E-state index contributed by atoms with van der Waals surface area (Å²) in [5.74, 6) is -0.262. The Morgan fingerprint density at radius 2 is 2.12 bits per heavy atom. The summed E-state index contributed by atoms with van der Waals surface area (Å²) in [6.07, 6.45) is 1.82. The maximum Gasteiger partial charge on any atom is 0.257 e. The number of ether oxygens (including phenoxy) is 1. The number of rotatable bonds is 6. The molecule has 1 N–H and O–H groups in total. The van der Waals surface area contributed by atoms with E-state index in [0.29, 0.717) is 42.3 Å². The first-order valence-corrected chi connectivity index (χ1v) is 8.76. The number of hydrogen-bond donors (Lipinski definition) is 1. The van der Waals surface area contributed by atoms with E-state index in [9.17, 15) is 14.4 Å². The Bertz CT molecular complexity index is 662. The van der Waals surface area contributed by atoms with Crippen LogP contribution >= 0.6 is 11.6 Å². The van der Waals surface area contributed by atoms with Crippen LogP contribution in [0.1, 0.15) is 36.5 Å². The monoisotopic (exact) mass is 366 g/mol. The van der Waals surface area contributed by atoms with Crippen molar-refractivity contribution >= 4 is 29.2 Å². The molecule has 2 rings (SSSR count). The van der Waals surface area contributed by atoms with Gasteiger partial charge < -0.3 is 15.0 Å². The van der Waals surface area contributed by atoms with Crippen LogP contribution in [-0.4, -0.2) is 49.2 Å². The van der Waals surface area contributed by atoms with Crippen LogP contribution in [0.25, 0.3) is 0 Å². The Kier molecular flexibility index (Phi) is 6.82. The minimum Gasteiger partial charge on any atom is -0.496 e. The molecular weight excluding hydrogens is 344 g/mol. The Labute approximate surface area is 152 Å². The normalized spacial score (nSPS) is 17.1. The largest absolute Gasteiger partial charge is 0.496 e. The van der Waals surface area contributed by atoms with Crippen molar-refractivity contribution in [3.63, 3.8) is 0 Å². The number of benzene rings is 1. The van der Waals surface area contributed by atoms with E-state index >= 15 is 0 Å². The van der Waals surface area contributed by atoms with E-state index in [1.54, 1.807) is 30.0 Å². The van der Waals surface area contributed by atoms with E-state index in [4.69, 9.17) is 16.3 Å². The SMILES string of the molecule is CCC(=O)CNC(=O)[C@H]1CCCN(C(=O)c2cc(Cl)ccc2OC)C1. The highest BCUT2D eigenvalue weighted by atomic mass is 35.5. The van der Waals surface area contributed by atoms with Crippen LogP contribution in [0, 0.1) is 5.92 Å². The molecule has 7 heteroatoms. The van der Waals surface area contributed by atoms with Crippen LogP contribution < -0.4 is 10.1 Å². The first-order chi connectivity index (χ1) is 12.0. The third-order valence-electron chi connectivity index (χ3n) is 4.33. The van der Waals surface area contributed by atoms with Gasteiger partial charge in [0, 0.05) is 24.5 Å². The zero-order valence-electron chi connectivity index (χ0n) is 14.5. The van der Waals surface area contributed by atoms with Crippen LogP contribution in [0.4, 0.5) is 0 Å². The molecule has 1 atom stereocenters. The molecule has 0 bridgehead atoms. The highest BCUT2D eigenvalue weighted by Gasteiger charge is 2.30. The zero-order valence-corrected chi connectivity index (χ0v) is 15.3. The minimum atomic E-state index is -0.312. The van der Waals surface area contributed by atoms with E-state index in [-0.39, 0.29) is 30.1 Å². The van der Waals surface area contributed by atoms with Gasteiger partial charge in [0.15, 0.2) is 5.78 Å². The third-order valence-corrected chi connectivity index (χ3v) is 4.56. The van der Waals surface area contributed by atoms with E-state index < -0.39 is 0 Å². The highest BCUT2D eigenvalue weighted by molar-refractivity contribution is 6.31. The molecule has 0 unspecified atom stereocenters. The van der Waals surface area contributed by atoms with Gasteiger partial charge in [-0.1, -0.05) is 18.5 Å². The fourth-order valence-electron chi connectivity index (χ4n) is 2.85. The topological polar surface area (TPSA) is 75.7 Å². The van der Waals surface area contributed by atoms with Crippen LogP contribution in [0.5, 0.6) is 5.75 Å². The molecule has 2 amide bonds. The van der Waals surface area contributed by atoms with Gasteiger partial charge >= 0.3 is 0 Å². The molecule has 0 aliphatic carbocycles. The molecular formula is C18H23ClN2O4. The Morgan fingerprint density at radius 3 is 2.80 bits per heavy atom. The molecule has 1 aromatic carbocycles. The second-order valence-corrected chi connectivity index (χ2v) is 6.48. The van der Waals surface area contributed by atoms with Crippen molar-refractivity contribution in [3.8, 4) is 5.75 Å². The fraction of sp³-hybridized carbons (Fsp3) is 0.500. The number of amides is 2. The second-order valence-electron chi connectivity index (χ2n) is 6.04. The molecule has 25 heavy (non-hydrogen) atoms. The lowest BCUT2D eigenvalue weighted by Crippen LogP contribution is -2.46. The summed E-state index contributed by atoms with van der Waals surface area (Å²) in [5, 5.41) is 3.11. The number of carbonyl (C=O) groups excluding carboxylic acids is 3. The number of nitrogens with one attached hydrogen (secondary N) is 1. The van der Waals surface area contributed by atoms with E-state index in [0.717, 1.165) is 6.42 Å². The molecule has 1 saturated heterocycles. The third kappa shape index (κ3) is 4.95. The van der Waals surface area contributed by atoms with Gasteiger partial charge in [0.1, 0.15) is 5.75 Å².